The number of amides is 1. The highest BCUT2D eigenvalue weighted by Gasteiger charge is 2.21. The van der Waals surface area contributed by atoms with Crippen molar-refractivity contribution in [3.63, 3.8) is 0 Å². The summed E-state index contributed by atoms with van der Waals surface area (Å²) >= 11 is 0. The van der Waals surface area contributed by atoms with E-state index < -0.39 is 6.10 Å². The second kappa shape index (κ2) is 8.86. The first-order valence-corrected chi connectivity index (χ1v) is 9.12. The maximum atomic E-state index is 13.0. The van der Waals surface area contributed by atoms with Gasteiger partial charge in [0.25, 0.3) is 5.91 Å². The van der Waals surface area contributed by atoms with Gasteiger partial charge >= 0.3 is 0 Å². The molecule has 144 valence electrons. The summed E-state index contributed by atoms with van der Waals surface area (Å²) in [5, 5.41) is 0. The van der Waals surface area contributed by atoms with Crippen molar-refractivity contribution in [3.05, 3.63) is 59.9 Å². The largest absolute Gasteiger partial charge is 0.481 e. The van der Waals surface area contributed by atoms with E-state index in [9.17, 15) is 9.18 Å². The summed E-state index contributed by atoms with van der Waals surface area (Å²) in [7, 11) is 1.77. The summed E-state index contributed by atoms with van der Waals surface area (Å²) in [5.74, 6) is 0.00800. The number of likely N-dealkylation sites (N-methyl/N-ethyl adjacent to an activating group) is 1. The first kappa shape index (κ1) is 19.2. The Labute approximate surface area is 159 Å². The summed E-state index contributed by atoms with van der Waals surface area (Å²) in [6, 6.07) is 13.8. The molecule has 1 aliphatic rings. The molecule has 3 rings (SSSR count). The predicted molar refractivity (Wildman–Crippen MR) is 102 cm³/mol. The number of anilines is 1. The van der Waals surface area contributed by atoms with Crippen molar-refractivity contribution in [2.75, 3.05) is 38.3 Å². The topological polar surface area (TPSA) is 42.0 Å². The number of carbonyl (C=O) groups is 1. The van der Waals surface area contributed by atoms with E-state index in [1.807, 2.05) is 18.2 Å². The smallest absolute Gasteiger partial charge is 0.263 e. The lowest BCUT2D eigenvalue weighted by atomic mass is 10.1. The molecule has 5 nitrogen and oxygen atoms in total. The highest BCUT2D eigenvalue weighted by molar-refractivity contribution is 5.80. The molecule has 0 radical (unpaired) electrons. The van der Waals surface area contributed by atoms with E-state index in [1.54, 1.807) is 18.9 Å². The normalized spacial score (nSPS) is 15.3. The van der Waals surface area contributed by atoms with Crippen LogP contribution in [0.5, 0.6) is 5.75 Å². The van der Waals surface area contributed by atoms with Crippen molar-refractivity contribution in [1.29, 1.82) is 0 Å². The zero-order valence-electron chi connectivity index (χ0n) is 15.7. The van der Waals surface area contributed by atoms with Crippen LogP contribution in [-0.4, -0.2) is 50.3 Å². The Morgan fingerprint density at radius 3 is 2.56 bits per heavy atom. The van der Waals surface area contributed by atoms with E-state index in [0.717, 1.165) is 24.3 Å². The SMILES string of the molecule is C[C@H](Oc1ccc(F)cc1)C(=O)N(C)Cc1ccccc1N1CCOCC1. The van der Waals surface area contributed by atoms with Crippen LogP contribution in [0.3, 0.4) is 0 Å². The average Bonchev–Trinajstić information content (AvgIpc) is 2.70. The molecule has 0 saturated carbocycles. The van der Waals surface area contributed by atoms with Gasteiger partial charge in [-0.15, -0.1) is 0 Å². The Morgan fingerprint density at radius 1 is 1.19 bits per heavy atom. The molecule has 0 N–H and O–H groups in total. The molecule has 2 aromatic carbocycles. The number of hydrogen-bond acceptors (Lipinski definition) is 4. The van der Waals surface area contributed by atoms with Crippen molar-refractivity contribution in [1.82, 2.24) is 4.90 Å². The molecule has 1 saturated heterocycles. The molecule has 0 bridgehead atoms. The first-order valence-electron chi connectivity index (χ1n) is 9.12. The van der Waals surface area contributed by atoms with Gasteiger partial charge in [0.05, 0.1) is 13.2 Å². The summed E-state index contributed by atoms with van der Waals surface area (Å²) in [5.41, 5.74) is 2.22. The number of nitrogens with zero attached hydrogens (tertiary/aromatic N) is 2. The third-order valence-electron chi connectivity index (χ3n) is 4.60. The zero-order chi connectivity index (χ0) is 19.2. The second-order valence-electron chi connectivity index (χ2n) is 6.64. The lowest BCUT2D eigenvalue weighted by Gasteiger charge is -2.31. The maximum Gasteiger partial charge on any atom is 0.263 e. The van der Waals surface area contributed by atoms with Gasteiger partial charge in [-0.1, -0.05) is 18.2 Å². The number of carbonyl (C=O) groups excluding carboxylic acids is 1. The van der Waals surface area contributed by atoms with Crippen LogP contribution in [-0.2, 0) is 16.1 Å². The Bertz CT molecular complexity index is 760. The van der Waals surface area contributed by atoms with Crippen LogP contribution >= 0.6 is 0 Å². The minimum Gasteiger partial charge on any atom is -0.481 e. The van der Waals surface area contributed by atoms with Gasteiger partial charge in [0, 0.05) is 32.4 Å². The van der Waals surface area contributed by atoms with Crippen LogP contribution in [0.25, 0.3) is 0 Å². The van der Waals surface area contributed by atoms with Crippen molar-refractivity contribution >= 4 is 11.6 Å². The van der Waals surface area contributed by atoms with Crippen molar-refractivity contribution in [2.24, 2.45) is 0 Å². The molecule has 2 aromatic rings. The van der Waals surface area contributed by atoms with Gasteiger partial charge in [-0.05, 0) is 42.8 Å². The van der Waals surface area contributed by atoms with Crippen LogP contribution in [0, 0.1) is 5.82 Å². The van der Waals surface area contributed by atoms with Gasteiger partial charge in [-0.3, -0.25) is 4.79 Å². The summed E-state index contributed by atoms with van der Waals surface area (Å²) < 4.78 is 24.1. The van der Waals surface area contributed by atoms with E-state index in [1.165, 1.54) is 24.3 Å². The Kier molecular flexibility index (Phi) is 6.29. The van der Waals surface area contributed by atoms with E-state index in [-0.39, 0.29) is 11.7 Å². The average molecular weight is 372 g/mol. The molecule has 27 heavy (non-hydrogen) atoms. The molecule has 1 atom stereocenters. The monoisotopic (exact) mass is 372 g/mol. The molecule has 1 amide bonds. The molecule has 0 spiro atoms. The van der Waals surface area contributed by atoms with Gasteiger partial charge in [-0.2, -0.15) is 0 Å². The van der Waals surface area contributed by atoms with Crippen LogP contribution in [0.4, 0.5) is 10.1 Å². The maximum absolute atomic E-state index is 13.0. The van der Waals surface area contributed by atoms with E-state index in [4.69, 9.17) is 9.47 Å². The number of ether oxygens (including phenoxy) is 2. The number of morpholine rings is 1. The Morgan fingerprint density at radius 2 is 1.85 bits per heavy atom. The van der Waals surface area contributed by atoms with Gasteiger partial charge < -0.3 is 19.3 Å². The second-order valence-corrected chi connectivity index (χ2v) is 6.64. The Hall–Kier alpha value is -2.60. The van der Waals surface area contributed by atoms with E-state index >= 15 is 0 Å². The fourth-order valence-corrected chi connectivity index (χ4v) is 3.17. The van der Waals surface area contributed by atoms with Gasteiger partial charge in [0.1, 0.15) is 11.6 Å². The molecule has 0 unspecified atom stereocenters. The molecular weight excluding hydrogens is 347 g/mol. The van der Waals surface area contributed by atoms with Crippen molar-refractivity contribution in [3.8, 4) is 5.75 Å². The van der Waals surface area contributed by atoms with E-state index in [0.29, 0.717) is 25.5 Å². The predicted octanol–water partition coefficient (Wildman–Crippen LogP) is 3.09. The van der Waals surface area contributed by atoms with Crippen LogP contribution in [0.15, 0.2) is 48.5 Å². The molecule has 1 heterocycles. The highest BCUT2D eigenvalue weighted by Crippen LogP contribution is 2.23. The quantitative estimate of drug-likeness (QED) is 0.782. The molecular formula is C21H25FN2O3. The van der Waals surface area contributed by atoms with Gasteiger partial charge in [-0.25, -0.2) is 4.39 Å². The Balaban J connectivity index is 1.64. The van der Waals surface area contributed by atoms with Crippen LogP contribution in [0.2, 0.25) is 0 Å². The molecule has 0 aliphatic carbocycles. The minimum atomic E-state index is -0.656. The molecule has 0 aromatic heterocycles. The summed E-state index contributed by atoms with van der Waals surface area (Å²) in [6.07, 6.45) is -0.656. The van der Waals surface area contributed by atoms with Gasteiger partial charge in [0.15, 0.2) is 6.10 Å². The zero-order valence-corrected chi connectivity index (χ0v) is 15.7. The van der Waals surface area contributed by atoms with Gasteiger partial charge in [0.2, 0.25) is 0 Å². The lowest BCUT2D eigenvalue weighted by molar-refractivity contribution is -0.137. The lowest BCUT2D eigenvalue weighted by Crippen LogP contribution is -2.39. The van der Waals surface area contributed by atoms with Crippen molar-refractivity contribution in [2.45, 2.75) is 19.6 Å². The highest BCUT2D eigenvalue weighted by atomic mass is 19.1. The van der Waals surface area contributed by atoms with E-state index in [2.05, 4.69) is 11.0 Å². The third-order valence-corrected chi connectivity index (χ3v) is 4.60. The summed E-state index contributed by atoms with van der Waals surface area (Å²) in [6.45, 7) is 5.31. The van der Waals surface area contributed by atoms with Crippen LogP contribution in [0.1, 0.15) is 12.5 Å². The fraction of sp³-hybridized carbons (Fsp3) is 0.381. The fourth-order valence-electron chi connectivity index (χ4n) is 3.17. The number of para-hydroxylation sites is 1. The molecule has 6 heteroatoms. The van der Waals surface area contributed by atoms with Crippen LogP contribution < -0.4 is 9.64 Å². The first-order chi connectivity index (χ1) is 13.0. The number of rotatable bonds is 6. The van der Waals surface area contributed by atoms with Crippen molar-refractivity contribution < 1.29 is 18.7 Å². The number of hydrogen-bond donors (Lipinski definition) is 0. The number of benzene rings is 2. The summed E-state index contributed by atoms with van der Waals surface area (Å²) in [4.78, 5) is 16.6. The number of halogens is 1. The minimum absolute atomic E-state index is 0.129. The standard InChI is InChI=1S/C21H25FN2O3/c1-16(27-19-9-7-18(22)8-10-19)21(25)23(2)15-17-5-3-4-6-20(17)24-11-13-26-14-12-24/h3-10,16H,11-15H2,1-2H3/t16-/m0/s1. The molecule has 1 fully saturated rings. The third kappa shape index (κ3) is 4.98. The molecule has 1 aliphatic heterocycles.